The van der Waals surface area contributed by atoms with E-state index < -0.39 is 31.8 Å². The van der Waals surface area contributed by atoms with E-state index in [9.17, 15) is 34.8 Å². The molecule has 0 bridgehead atoms. The Balaban J connectivity index is 0.00000103. The molecule has 9 nitrogen and oxygen atoms in total. The van der Waals surface area contributed by atoms with Crippen LogP contribution in [0.3, 0.4) is 0 Å². The first kappa shape index (κ1) is 28.3. The fourth-order valence-electron chi connectivity index (χ4n) is 2.07. The molecule has 1 rings (SSSR count). The van der Waals surface area contributed by atoms with Gasteiger partial charge < -0.3 is 19.0 Å². The van der Waals surface area contributed by atoms with Crippen molar-refractivity contribution < 1.29 is 58.7 Å². The minimum absolute atomic E-state index is 0.128. The Bertz CT molecular complexity index is 579. The van der Waals surface area contributed by atoms with Crippen LogP contribution in [0.15, 0.2) is 5.16 Å². The molecule has 1 unspecified atom stereocenters. The fraction of sp³-hybridized carbons (Fsp3) is 0.786. The zero-order valence-corrected chi connectivity index (χ0v) is 17.8. The Hall–Kier alpha value is -1.70. The normalized spacial score (nSPS) is 18.1. The molecule has 1 atom stereocenters. The second-order valence-electron chi connectivity index (χ2n) is 6.03. The average Bonchev–Trinajstić information content (AvgIpc) is 2.56. The van der Waals surface area contributed by atoms with Gasteiger partial charge in [0.25, 0.3) is 5.71 Å². The quantitative estimate of drug-likeness (QED) is 0.108. The Morgan fingerprint density at radius 1 is 1.00 bits per heavy atom. The fourth-order valence-corrected chi connectivity index (χ4v) is 2.07. The van der Waals surface area contributed by atoms with Gasteiger partial charge in [-0.2, -0.15) is 0 Å². The van der Waals surface area contributed by atoms with Crippen molar-refractivity contribution in [1.29, 1.82) is 0 Å². The first-order valence-electron chi connectivity index (χ1n) is 8.69. The van der Waals surface area contributed by atoms with Crippen LogP contribution in [0.2, 0.25) is 0 Å². The number of esters is 2. The van der Waals surface area contributed by atoms with Crippen LogP contribution in [0.1, 0.15) is 13.8 Å². The van der Waals surface area contributed by atoms with Crippen LogP contribution in [-0.4, -0.2) is 82.5 Å². The Labute approximate surface area is 169 Å². The number of nitrogens with zero attached hydrogens (tertiary/aromatic N) is 2. The van der Waals surface area contributed by atoms with Crippen molar-refractivity contribution in [3.63, 3.8) is 0 Å². The number of hydrogen-bond donors (Lipinski definition) is 1. The molecule has 0 aliphatic carbocycles. The van der Waals surface area contributed by atoms with Gasteiger partial charge in [-0.15, -0.1) is 0 Å². The summed E-state index contributed by atoms with van der Waals surface area (Å²) < 4.78 is 74.1. The molecule has 0 amide bonds. The van der Waals surface area contributed by atoms with E-state index in [1.54, 1.807) is 13.8 Å². The molecule has 1 aliphatic rings. The van der Waals surface area contributed by atoms with Gasteiger partial charge in [0.15, 0.2) is 0 Å². The summed E-state index contributed by atoms with van der Waals surface area (Å²) >= 11 is 0. The van der Waals surface area contributed by atoms with E-state index in [1.165, 1.54) is 0 Å². The molecule has 180 valence electrons. The number of nitrogens with one attached hydrogen (secondary N) is 1. The number of rotatable bonds is 8. The minimum atomic E-state index is -10.7. The molecule has 0 aromatic rings. The number of oxime groups is 1. The summed E-state index contributed by atoms with van der Waals surface area (Å²) in [7, 11) is -7.00. The number of quaternary nitrogens is 1. The van der Waals surface area contributed by atoms with Crippen LogP contribution in [0.5, 0.6) is 0 Å². The third-order valence-electron chi connectivity index (χ3n) is 3.13. The summed E-state index contributed by atoms with van der Waals surface area (Å²) in [4.78, 5) is 32.1. The third-order valence-corrected chi connectivity index (χ3v) is 3.13. The summed E-state index contributed by atoms with van der Waals surface area (Å²) in [6.07, 6.45) is -0.447. The van der Waals surface area contributed by atoms with Crippen molar-refractivity contribution in [1.82, 2.24) is 4.90 Å². The van der Waals surface area contributed by atoms with E-state index in [0.29, 0.717) is 13.2 Å². The predicted molar refractivity (Wildman–Crippen MR) is 94.3 cm³/mol. The number of hydrogen-bond acceptors (Lipinski definition) is 8. The third kappa shape index (κ3) is 15.2. The van der Waals surface area contributed by atoms with Crippen molar-refractivity contribution >= 4 is 25.5 Å². The van der Waals surface area contributed by atoms with Gasteiger partial charge in [-0.3, -0.25) is 4.90 Å². The molecule has 0 spiro atoms. The van der Waals surface area contributed by atoms with Gasteiger partial charge in [-0.25, -0.2) is 14.5 Å². The van der Waals surface area contributed by atoms with Crippen LogP contribution in [0, 0.1) is 0 Å². The summed E-state index contributed by atoms with van der Waals surface area (Å²) in [6, 6.07) is 0. The number of morpholine rings is 1. The molecule has 1 heterocycles. The molecule has 1 N–H and O–H groups in total. The molecular formula is C14H26F6N3O6P. The SMILES string of the molecule is CCOC(=O)C(=NOC(N(C)C)[NH+]1CCOCC1)C(=O)OCC.F[P-](F)(F)(F)(F)F. The summed E-state index contributed by atoms with van der Waals surface area (Å²) in [5.41, 5.74) is -0.492. The van der Waals surface area contributed by atoms with Crippen molar-refractivity contribution in [2.75, 3.05) is 53.6 Å². The van der Waals surface area contributed by atoms with Crippen LogP contribution in [0.25, 0.3) is 0 Å². The first-order chi connectivity index (χ1) is 13.5. The van der Waals surface area contributed by atoms with E-state index in [0.717, 1.165) is 18.0 Å². The van der Waals surface area contributed by atoms with Gasteiger partial charge in [0.05, 0.1) is 26.4 Å². The standard InChI is InChI=1S/C14H25N3O6.F6P/c1-5-21-12(18)11(13(19)22-6-2)15-23-14(16(3)4)17-7-9-20-10-8-17;1-7(2,3,4,5)6/h14H,5-10H2,1-4H3;/q;-1/p+1. The Morgan fingerprint density at radius 2 is 1.40 bits per heavy atom. The number of carbonyl (C=O) groups is 2. The van der Waals surface area contributed by atoms with Crippen molar-refractivity contribution in [3.05, 3.63) is 0 Å². The van der Waals surface area contributed by atoms with Gasteiger partial charge in [-0.05, 0) is 27.9 Å². The molecule has 0 saturated carbocycles. The molecule has 0 aromatic carbocycles. The molecule has 0 aromatic heterocycles. The first-order valence-corrected chi connectivity index (χ1v) is 10.7. The van der Waals surface area contributed by atoms with Crippen LogP contribution < -0.4 is 4.90 Å². The zero-order chi connectivity index (χ0) is 23.7. The molecule has 16 heteroatoms. The van der Waals surface area contributed by atoms with Gasteiger partial charge in [0.2, 0.25) is 0 Å². The topological polar surface area (TPSA) is 91.1 Å². The summed E-state index contributed by atoms with van der Waals surface area (Å²) in [5.74, 6) is -1.72. The van der Waals surface area contributed by atoms with E-state index in [-0.39, 0.29) is 13.2 Å². The molecule has 30 heavy (non-hydrogen) atoms. The van der Waals surface area contributed by atoms with Crippen LogP contribution >= 0.6 is 7.81 Å². The van der Waals surface area contributed by atoms with Crippen molar-refractivity contribution in [3.8, 4) is 0 Å². The van der Waals surface area contributed by atoms with Crippen LogP contribution in [-0.2, 0) is 28.6 Å². The zero-order valence-electron chi connectivity index (χ0n) is 16.9. The monoisotopic (exact) mass is 477 g/mol. The number of ether oxygens (including phenoxy) is 3. The van der Waals surface area contributed by atoms with Crippen molar-refractivity contribution in [2.24, 2.45) is 5.16 Å². The van der Waals surface area contributed by atoms with E-state index >= 15 is 0 Å². The Kier molecular flexibility index (Phi) is 9.96. The van der Waals surface area contributed by atoms with Gasteiger partial charge >= 0.3 is 51.3 Å². The van der Waals surface area contributed by atoms with Gasteiger partial charge in [0, 0.05) is 0 Å². The molecular weight excluding hydrogens is 451 g/mol. The number of halogens is 6. The second-order valence-corrected chi connectivity index (χ2v) is 7.95. The van der Waals surface area contributed by atoms with E-state index in [1.807, 2.05) is 19.0 Å². The summed E-state index contributed by atoms with van der Waals surface area (Å²) in [6.45, 7) is 6.26. The Morgan fingerprint density at radius 3 is 1.73 bits per heavy atom. The molecule has 1 fully saturated rings. The van der Waals surface area contributed by atoms with E-state index in [4.69, 9.17) is 19.0 Å². The average molecular weight is 477 g/mol. The second kappa shape index (κ2) is 10.6. The maximum atomic E-state index is 11.8. The molecule has 0 radical (unpaired) electrons. The van der Waals surface area contributed by atoms with Gasteiger partial charge in [-0.1, -0.05) is 5.16 Å². The van der Waals surface area contributed by atoms with Gasteiger partial charge in [0.1, 0.15) is 13.1 Å². The maximum absolute atomic E-state index is 11.8. The predicted octanol–water partition coefficient (Wildman–Crippen LogP) is 1.63. The van der Waals surface area contributed by atoms with Crippen molar-refractivity contribution in [2.45, 2.75) is 20.2 Å². The molecule has 1 saturated heterocycles. The number of carbonyl (C=O) groups excluding carboxylic acids is 2. The van der Waals surface area contributed by atoms with E-state index in [2.05, 4.69) is 5.16 Å². The summed E-state index contributed by atoms with van der Waals surface area (Å²) in [5, 5.41) is 3.72. The van der Waals surface area contributed by atoms with Crippen LogP contribution in [0.4, 0.5) is 25.2 Å². The molecule has 1 aliphatic heterocycles.